The third-order valence-electron chi connectivity index (χ3n) is 15.8. The van der Waals surface area contributed by atoms with Gasteiger partial charge in [-0.2, -0.15) is 5.48 Å². The van der Waals surface area contributed by atoms with Crippen molar-refractivity contribution in [2.75, 3.05) is 105 Å². The van der Waals surface area contributed by atoms with Gasteiger partial charge in [-0.1, -0.05) is 38.5 Å². The van der Waals surface area contributed by atoms with Crippen LogP contribution in [-0.2, 0) is 129 Å². The van der Waals surface area contributed by atoms with E-state index in [4.69, 9.17) is 72.5 Å². The molecule has 2 rings (SSSR count). The minimum absolute atomic E-state index is 0.0218. The molecule has 0 spiro atoms. The zero-order valence-electron chi connectivity index (χ0n) is 62.1. The summed E-state index contributed by atoms with van der Waals surface area (Å²) in [6, 6.07) is -2.38. The van der Waals surface area contributed by atoms with Gasteiger partial charge in [-0.05, 0) is 51.5 Å². The minimum atomic E-state index is -1.66. The number of hydrogen-bond acceptors (Lipinski definition) is 29. The molecule has 0 aromatic rings. The van der Waals surface area contributed by atoms with Crippen molar-refractivity contribution in [1.82, 2.24) is 42.7 Å². The number of carbonyl (C=O) groups is 14. The third-order valence-corrected chi connectivity index (χ3v) is 15.8. The van der Waals surface area contributed by atoms with Crippen LogP contribution in [0.15, 0.2) is 0 Å². The molecule has 0 bridgehead atoms. The molecule has 0 aliphatic carbocycles. The van der Waals surface area contributed by atoms with Gasteiger partial charge in [-0.15, -0.1) is 0 Å². The van der Waals surface area contributed by atoms with E-state index in [1.165, 1.54) is 20.8 Å². The summed E-state index contributed by atoms with van der Waals surface area (Å²) in [5.74, 6) is -7.93. The van der Waals surface area contributed by atoms with E-state index in [1.54, 1.807) is 0 Å². The Kier molecular flexibility index (Phi) is 47.9. The van der Waals surface area contributed by atoms with Crippen LogP contribution in [0.4, 0.5) is 0 Å². The molecular weight excluding hydrogens is 1390 g/mol. The van der Waals surface area contributed by atoms with Crippen LogP contribution in [0.5, 0.6) is 0 Å². The monoisotopic (exact) mass is 1510 g/mol. The summed E-state index contributed by atoms with van der Waals surface area (Å²) in [6.45, 7) is 8.80. The number of carbonyl (C=O) groups excluding carboxylic acids is 13. The molecule has 2 heterocycles. The maximum atomic E-state index is 13.8. The van der Waals surface area contributed by atoms with Gasteiger partial charge in [-0.3, -0.25) is 72.0 Å². The number of amides is 7. The van der Waals surface area contributed by atoms with Crippen LogP contribution < -0.4 is 48.4 Å². The van der Waals surface area contributed by atoms with E-state index in [0.29, 0.717) is 51.6 Å². The Morgan fingerprint density at radius 3 is 1.43 bits per heavy atom. The van der Waals surface area contributed by atoms with Crippen LogP contribution in [0.3, 0.4) is 0 Å². The summed E-state index contributed by atoms with van der Waals surface area (Å²) in [4.78, 5) is 179. The highest BCUT2D eigenvalue weighted by molar-refractivity contribution is 5.79. The lowest BCUT2D eigenvalue weighted by atomic mass is 9.85. The van der Waals surface area contributed by atoms with Gasteiger partial charge in [0.2, 0.25) is 47.6 Å². The van der Waals surface area contributed by atoms with Gasteiger partial charge in [0.25, 0.3) is 0 Å². The highest BCUT2D eigenvalue weighted by Crippen LogP contribution is 2.35. The number of aliphatic carboxylic acids is 1. The predicted octanol–water partition coefficient (Wildman–Crippen LogP) is 0.0529. The van der Waals surface area contributed by atoms with Gasteiger partial charge in [0.15, 0.2) is 30.2 Å². The van der Waals surface area contributed by atoms with Gasteiger partial charge in [0.1, 0.15) is 30.3 Å². The standard InChI is InChI=1S/C68H115N9O28/c1-45(78)75-60-63(101-50(6)83)62(100-49(5)82)53(40-98-48(4)81)103-66(60)105-74-34-21-33-73-57(89)27-38-95-43-67(41-93-36-25-55(87)70-30-19-29-69,77-58(90)23-15-13-11-9-10-12-14-16-24-59(91)92)42-94-37-26-56(88)72-32-20-31-71-54(86)22-17-18-35-97-65-61(76-46(2)79)64(102-51(7)84)68(44-99-65,104-52(8)85)28-39-96-47(3)80/h53,60-66,74H,9-44,69H2,1-8H3,(H,70,87)(H,71,86)(H,72,88)(H,73,89)(H,75,78)(H,76,79)(H,77,90)(H,91,92)/t53?,60?,61?,62-,63?,64?,65-,66+,67?,68-/m1/s1. The predicted molar refractivity (Wildman–Crippen MR) is 367 cm³/mol. The largest absolute Gasteiger partial charge is 0.481 e. The van der Waals surface area contributed by atoms with E-state index in [9.17, 15) is 67.1 Å². The molecule has 6 unspecified atom stereocenters. The highest BCUT2D eigenvalue weighted by atomic mass is 16.8. The molecule has 0 aromatic heterocycles. The molecule has 0 radical (unpaired) electrons. The van der Waals surface area contributed by atoms with Crippen molar-refractivity contribution in [2.24, 2.45) is 5.73 Å². The Bertz CT molecular complexity index is 2720. The number of esters is 6. The summed E-state index contributed by atoms with van der Waals surface area (Å²) >= 11 is 0. The molecular formula is C68H115N9O28. The first kappa shape index (κ1) is 93.3. The topological polar surface area (TPSA) is 501 Å². The number of hydroxylamine groups is 1. The number of unbranched alkanes of at least 4 members (excludes halogenated alkanes) is 8. The first-order valence-corrected chi connectivity index (χ1v) is 35.8. The van der Waals surface area contributed by atoms with Gasteiger partial charge < -0.3 is 105 Å². The summed E-state index contributed by atoms with van der Waals surface area (Å²) in [7, 11) is 0. The van der Waals surface area contributed by atoms with Crippen molar-refractivity contribution in [3.63, 3.8) is 0 Å². The molecule has 0 saturated carbocycles. The smallest absolute Gasteiger partial charge is 0.303 e. The second-order valence-electron chi connectivity index (χ2n) is 25.5. The van der Waals surface area contributed by atoms with E-state index in [-0.39, 0.29) is 161 Å². The van der Waals surface area contributed by atoms with Crippen molar-refractivity contribution < 1.29 is 134 Å². The number of nitrogens with one attached hydrogen (secondary N) is 8. The lowest BCUT2D eigenvalue weighted by Crippen LogP contribution is -2.69. The molecule has 10 atom stereocenters. The lowest BCUT2D eigenvalue weighted by Gasteiger charge is -2.48. The maximum absolute atomic E-state index is 13.8. The highest BCUT2D eigenvalue weighted by Gasteiger charge is 2.56. The SMILES string of the molecule is CC(=O)NC1C(OC(C)=O)[C@H](OC(C)=O)C(COC(C)=O)O[C@H]1ONCCCNC(=O)CCOCC(COCCC(=O)NCCCN)(COCCC(=O)NCCCNC(=O)CCCCO[C@@H]1OC[C@@](CCOC(C)=O)(OC(C)=O)C(OC(C)=O)C1NC(C)=O)NC(=O)CCCCCCCCCCC(=O)O. The molecule has 37 nitrogen and oxygen atoms in total. The van der Waals surface area contributed by atoms with Crippen LogP contribution in [-0.4, -0.2) is 254 Å². The van der Waals surface area contributed by atoms with Gasteiger partial charge >= 0.3 is 41.8 Å². The number of rotatable bonds is 57. The normalized spacial score (nSPS) is 20.3. The molecule has 600 valence electrons. The first-order chi connectivity index (χ1) is 50.0. The molecule has 2 saturated heterocycles. The van der Waals surface area contributed by atoms with Crippen LogP contribution in [0.25, 0.3) is 0 Å². The van der Waals surface area contributed by atoms with E-state index >= 15 is 0 Å². The molecule has 2 aliphatic heterocycles. The summed E-state index contributed by atoms with van der Waals surface area (Å²) in [6.07, 6.45) is 0.586. The van der Waals surface area contributed by atoms with Crippen molar-refractivity contribution in [1.29, 1.82) is 0 Å². The number of carboxylic acids is 1. The van der Waals surface area contributed by atoms with Crippen LogP contribution in [0.1, 0.15) is 184 Å². The molecule has 2 aliphatic rings. The summed E-state index contributed by atoms with van der Waals surface area (Å²) < 4.78 is 68.4. The average molecular weight is 1510 g/mol. The quantitative estimate of drug-likeness (QED) is 0.0166. The molecule has 105 heavy (non-hydrogen) atoms. The second-order valence-corrected chi connectivity index (χ2v) is 25.5. The van der Waals surface area contributed by atoms with Gasteiger partial charge in [0, 0.05) is 140 Å². The summed E-state index contributed by atoms with van der Waals surface area (Å²) in [5, 5.41) is 28.3. The fourth-order valence-corrected chi connectivity index (χ4v) is 11.0. The number of hydrogen-bond donors (Lipinski definition) is 10. The van der Waals surface area contributed by atoms with Gasteiger partial charge in [-0.25, -0.2) is 0 Å². The molecule has 37 heteroatoms. The molecule has 7 amide bonds. The van der Waals surface area contributed by atoms with E-state index in [1.807, 2.05) is 0 Å². The molecule has 2 fully saturated rings. The Morgan fingerprint density at radius 2 is 0.933 bits per heavy atom. The number of ether oxygens (including phenoxy) is 12. The van der Waals surface area contributed by atoms with E-state index in [2.05, 4.69) is 42.7 Å². The maximum Gasteiger partial charge on any atom is 0.303 e. The van der Waals surface area contributed by atoms with Crippen molar-refractivity contribution in [3.8, 4) is 0 Å². The van der Waals surface area contributed by atoms with Crippen LogP contribution in [0.2, 0.25) is 0 Å². The van der Waals surface area contributed by atoms with E-state index in [0.717, 1.165) is 73.1 Å². The number of nitrogens with two attached hydrogens (primary N) is 1. The zero-order chi connectivity index (χ0) is 78.0. The Labute approximate surface area is 612 Å². The van der Waals surface area contributed by atoms with Crippen molar-refractivity contribution >= 4 is 83.1 Å². The fraction of sp³-hybridized carbons (Fsp3) is 0.794. The van der Waals surface area contributed by atoms with Crippen LogP contribution in [0, 0.1) is 0 Å². The van der Waals surface area contributed by atoms with Crippen molar-refractivity contribution in [2.45, 2.75) is 244 Å². The van der Waals surface area contributed by atoms with E-state index < -0.39 is 126 Å². The van der Waals surface area contributed by atoms with Gasteiger partial charge in [0.05, 0.1) is 52.9 Å². The average Bonchev–Trinajstić information content (AvgIpc) is 0.772. The third kappa shape index (κ3) is 42.8. The second kappa shape index (κ2) is 53.9. The first-order valence-electron chi connectivity index (χ1n) is 35.8. The Morgan fingerprint density at radius 1 is 0.467 bits per heavy atom. The van der Waals surface area contributed by atoms with Crippen molar-refractivity contribution in [3.05, 3.63) is 0 Å². The molecule has 11 N–H and O–H groups in total. The van der Waals surface area contributed by atoms with Crippen LogP contribution >= 0.6 is 0 Å². The Hall–Kier alpha value is -7.78. The zero-order valence-corrected chi connectivity index (χ0v) is 62.1. The minimum Gasteiger partial charge on any atom is -0.481 e. The lowest BCUT2D eigenvalue weighted by molar-refractivity contribution is -0.292. The summed E-state index contributed by atoms with van der Waals surface area (Å²) in [5.41, 5.74) is 5.24. The Balaban J connectivity index is 2.06. The number of carboxylic acid groups (broad SMARTS) is 1. The fourth-order valence-electron chi connectivity index (χ4n) is 11.0. The molecule has 0 aromatic carbocycles.